The number of amides is 1. The molecule has 0 spiro atoms. The molecular weight excluding hydrogens is 274 g/mol. The summed E-state index contributed by atoms with van der Waals surface area (Å²) in [6, 6.07) is 7.61. The molecule has 0 N–H and O–H groups in total. The second-order valence-electron chi connectivity index (χ2n) is 4.86. The maximum Gasteiger partial charge on any atom is 0.257 e. The van der Waals surface area contributed by atoms with Gasteiger partial charge in [-0.25, -0.2) is 4.98 Å². The van der Waals surface area contributed by atoms with Gasteiger partial charge in [0.05, 0.1) is 5.56 Å². The number of pyridine rings is 2. The van der Waals surface area contributed by atoms with Gasteiger partial charge < -0.3 is 4.90 Å². The average molecular weight is 288 g/mol. The highest BCUT2D eigenvalue weighted by atomic mass is 35.5. The molecule has 102 valence electrons. The molecule has 2 heterocycles. The molecule has 1 saturated carbocycles. The van der Waals surface area contributed by atoms with E-state index in [4.69, 9.17) is 11.6 Å². The van der Waals surface area contributed by atoms with Crippen LogP contribution in [0.4, 0.5) is 0 Å². The highest BCUT2D eigenvalue weighted by Crippen LogP contribution is 2.30. The van der Waals surface area contributed by atoms with Gasteiger partial charge in [0.2, 0.25) is 0 Å². The fourth-order valence-electron chi connectivity index (χ4n) is 2.14. The lowest BCUT2D eigenvalue weighted by Gasteiger charge is -2.22. The molecule has 0 aromatic carbocycles. The van der Waals surface area contributed by atoms with Crippen LogP contribution >= 0.6 is 11.6 Å². The van der Waals surface area contributed by atoms with Gasteiger partial charge in [-0.1, -0.05) is 11.6 Å². The number of nitrogens with zero attached hydrogens (tertiary/aromatic N) is 3. The number of rotatable bonds is 4. The zero-order valence-electron chi connectivity index (χ0n) is 10.9. The summed E-state index contributed by atoms with van der Waals surface area (Å²) in [6.45, 7) is 0.581. The molecular formula is C15H14ClN3O. The van der Waals surface area contributed by atoms with Crippen LogP contribution in [0.25, 0.3) is 0 Å². The second-order valence-corrected chi connectivity index (χ2v) is 5.22. The van der Waals surface area contributed by atoms with Crippen LogP contribution in [0.3, 0.4) is 0 Å². The van der Waals surface area contributed by atoms with Crippen molar-refractivity contribution in [3.8, 4) is 0 Å². The molecule has 1 fully saturated rings. The largest absolute Gasteiger partial charge is 0.331 e. The van der Waals surface area contributed by atoms with E-state index in [-0.39, 0.29) is 11.1 Å². The van der Waals surface area contributed by atoms with Crippen molar-refractivity contribution in [3.05, 3.63) is 59.1 Å². The van der Waals surface area contributed by atoms with E-state index in [1.54, 1.807) is 30.7 Å². The topological polar surface area (TPSA) is 46.1 Å². The quantitative estimate of drug-likeness (QED) is 0.812. The third kappa shape index (κ3) is 2.80. The minimum Gasteiger partial charge on any atom is -0.331 e. The average Bonchev–Trinajstić information content (AvgIpc) is 3.30. The van der Waals surface area contributed by atoms with Gasteiger partial charge in [0.25, 0.3) is 5.91 Å². The first kappa shape index (κ1) is 13.1. The van der Waals surface area contributed by atoms with E-state index < -0.39 is 0 Å². The SMILES string of the molecule is O=C(c1cccnc1Cl)N(Cc1ccncc1)C1CC1. The van der Waals surface area contributed by atoms with Crippen molar-refractivity contribution in [2.24, 2.45) is 0 Å². The van der Waals surface area contributed by atoms with Crippen molar-refractivity contribution >= 4 is 17.5 Å². The molecule has 2 aromatic heterocycles. The molecule has 1 aliphatic rings. The zero-order valence-corrected chi connectivity index (χ0v) is 11.6. The lowest BCUT2D eigenvalue weighted by atomic mass is 10.2. The van der Waals surface area contributed by atoms with Gasteiger partial charge in [-0.2, -0.15) is 0 Å². The van der Waals surface area contributed by atoms with Crippen LogP contribution in [-0.2, 0) is 6.54 Å². The van der Waals surface area contributed by atoms with Crippen LogP contribution < -0.4 is 0 Å². The summed E-state index contributed by atoms with van der Waals surface area (Å²) in [6.07, 6.45) is 7.16. The Labute approximate surface area is 122 Å². The van der Waals surface area contributed by atoms with E-state index in [1.807, 2.05) is 17.0 Å². The van der Waals surface area contributed by atoms with Crippen LogP contribution in [0.1, 0.15) is 28.8 Å². The summed E-state index contributed by atoms with van der Waals surface area (Å²) in [5.74, 6) is -0.0533. The highest BCUT2D eigenvalue weighted by Gasteiger charge is 2.33. The standard InChI is InChI=1S/C15H14ClN3O/c16-14-13(2-1-7-18-14)15(20)19(12-3-4-12)10-11-5-8-17-9-6-11/h1-2,5-9,12H,3-4,10H2. The van der Waals surface area contributed by atoms with Crippen LogP contribution in [0.5, 0.6) is 0 Å². The first-order valence-electron chi connectivity index (χ1n) is 6.56. The molecule has 5 heteroatoms. The predicted molar refractivity (Wildman–Crippen MR) is 76.4 cm³/mol. The predicted octanol–water partition coefficient (Wildman–Crippen LogP) is 2.93. The van der Waals surface area contributed by atoms with E-state index in [0.29, 0.717) is 18.2 Å². The van der Waals surface area contributed by atoms with Gasteiger partial charge in [0.15, 0.2) is 0 Å². The fourth-order valence-corrected chi connectivity index (χ4v) is 2.34. The van der Waals surface area contributed by atoms with Crippen molar-refractivity contribution < 1.29 is 4.79 Å². The van der Waals surface area contributed by atoms with Crippen LogP contribution in [0.15, 0.2) is 42.9 Å². The number of aromatic nitrogens is 2. The number of hydrogen-bond donors (Lipinski definition) is 0. The third-order valence-corrected chi connectivity index (χ3v) is 3.64. The first-order valence-corrected chi connectivity index (χ1v) is 6.94. The van der Waals surface area contributed by atoms with E-state index in [0.717, 1.165) is 18.4 Å². The summed E-state index contributed by atoms with van der Waals surface area (Å²) in [5, 5.41) is 0.262. The van der Waals surface area contributed by atoms with Crippen LogP contribution in [0.2, 0.25) is 5.15 Å². The number of carbonyl (C=O) groups is 1. The van der Waals surface area contributed by atoms with Gasteiger partial charge in [-0.05, 0) is 42.7 Å². The van der Waals surface area contributed by atoms with Crippen LogP contribution in [0, 0.1) is 0 Å². The molecule has 3 rings (SSSR count). The highest BCUT2D eigenvalue weighted by molar-refractivity contribution is 6.32. The number of halogens is 1. The first-order chi connectivity index (χ1) is 9.75. The maximum absolute atomic E-state index is 12.6. The summed E-state index contributed by atoms with van der Waals surface area (Å²) in [5.41, 5.74) is 1.54. The molecule has 0 atom stereocenters. The van der Waals surface area contributed by atoms with Gasteiger partial charge in [-0.15, -0.1) is 0 Å². The van der Waals surface area contributed by atoms with E-state index in [2.05, 4.69) is 9.97 Å². The Morgan fingerprint density at radius 2 is 2.00 bits per heavy atom. The number of carbonyl (C=O) groups excluding carboxylic acids is 1. The smallest absolute Gasteiger partial charge is 0.257 e. The second kappa shape index (κ2) is 5.59. The summed E-state index contributed by atoms with van der Waals surface area (Å²) < 4.78 is 0. The normalized spacial score (nSPS) is 14.1. The molecule has 20 heavy (non-hydrogen) atoms. The molecule has 1 amide bonds. The molecule has 0 unspecified atom stereocenters. The van der Waals surface area contributed by atoms with Crippen molar-refractivity contribution in [1.29, 1.82) is 0 Å². The van der Waals surface area contributed by atoms with Crippen molar-refractivity contribution in [2.75, 3.05) is 0 Å². The molecule has 4 nitrogen and oxygen atoms in total. The lowest BCUT2D eigenvalue weighted by Crippen LogP contribution is -2.32. The molecule has 1 aliphatic carbocycles. The van der Waals surface area contributed by atoms with Crippen LogP contribution in [-0.4, -0.2) is 26.8 Å². The number of hydrogen-bond acceptors (Lipinski definition) is 3. The Morgan fingerprint density at radius 3 is 2.65 bits per heavy atom. The van der Waals surface area contributed by atoms with Gasteiger partial charge in [0.1, 0.15) is 5.15 Å². The summed E-state index contributed by atoms with van der Waals surface area (Å²) in [4.78, 5) is 22.5. The van der Waals surface area contributed by atoms with Crippen molar-refractivity contribution in [2.45, 2.75) is 25.4 Å². The third-order valence-electron chi connectivity index (χ3n) is 3.34. The fraction of sp³-hybridized carbons (Fsp3) is 0.267. The molecule has 0 bridgehead atoms. The molecule has 0 aliphatic heterocycles. The van der Waals surface area contributed by atoms with Gasteiger partial charge in [0, 0.05) is 31.2 Å². The van der Waals surface area contributed by atoms with E-state index >= 15 is 0 Å². The summed E-state index contributed by atoms with van der Waals surface area (Å²) >= 11 is 6.02. The Balaban J connectivity index is 1.84. The Hall–Kier alpha value is -1.94. The lowest BCUT2D eigenvalue weighted by molar-refractivity contribution is 0.0729. The monoisotopic (exact) mass is 287 g/mol. The molecule has 2 aromatic rings. The van der Waals surface area contributed by atoms with Crippen molar-refractivity contribution in [3.63, 3.8) is 0 Å². The Morgan fingerprint density at radius 1 is 1.25 bits per heavy atom. The van der Waals surface area contributed by atoms with E-state index in [9.17, 15) is 4.79 Å². The minimum absolute atomic E-state index is 0.0533. The maximum atomic E-state index is 12.6. The van der Waals surface area contributed by atoms with Crippen molar-refractivity contribution in [1.82, 2.24) is 14.9 Å². The Bertz CT molecular complexity index is 614. The Kier molecular flexibility index (Phi) is 3.65. The van der Waals surface area contributed by atoms with Gasteiger partial charge >= 0.3 is 0 Å². The molecule has 0 saturated heterocycles. The molecule has 0 radical (unpaired) electrons. The van der Waals surface area contributed by atoms with Gasteiger partial charge in [-0.3, -0.25) is 9.78 Å². The minimum atomic E-state index is -0.0533. The summed E-state index contributed by atoms with van der Waals surface area (Å²) in [7, 11) is 0. The zero-order chi connectivity index (χ0) is 13.9. The van der Waals surface area contributed by atoms with E-state index in [1.165, 1.54) is 0 Å².